The number of carbonyl (C=O) groups is 2. The Morgan fingerprint density at radius 1 is 1.27 bits per heavy atom. The quantitative estimate of drug-likeness (QED) is 0.902. The predicted octanol–water partition coefficient (Wildman–Crippen LogP) is 3.06. The van der Waals surface area contributed by atoms with Gasteiger partial charge in [-0.15, -0.1) is 0 Å². The van der Waals surface area contributed by atoms with E-state index < -0.39 is 5.60 Å². The van der Waals surface area contributed by atoms with Crippen molar-refractivity contribution < 1.29 is 23.3 Å². The summed E-state index contributed by atoms with van der Waals surface area (Å²) in [6.07, 6.45) is 2.53. The van der Waals surface area contributed by atoms with Crippen LogP contribution in [0.5, 0.6) is 0 Å². The zero-order valence-electron chi connectivity index (χ0n) is 15.2. The first-order chi connectivity index (χ1) is 12.3. The number of amides is 2. The number of carbonyl (C=O) groups excluding carboxylic acids is 2. The smallest absolute Gasteiger partial charge is 0.410 e. The molecule has 0 atom stereocenters. The molecule has 0 spiro atoms. The van der Waals surface area contributed by atoms with Crippen molar-refractivity contribution in [3.63, 3.8) is 0 Å². The van der Waals surface area contributed by atoms with E-state index in [9.17, 15) is 9.59 Å². The molecule has 0 bridgehead atoms. The molecule has 8 nitrogen and oxygen atoms in total. The molecule has 0 aromatic carbocycles. The lowest BCUT2D eigenvalue weighted by Crippen LogP contribution is -2.47. The van der Waals surface area contributed by atoms with Crippen LogP contribution in [-0.4, -0.2) is 46.8 Å². The van der Waals surface area contributed by atoms with E-state index in [1.165, 1.54) is 6.26 Å². The van der Waals surface area contributed by atoms with Crippen molar-refractivity contribution in [2.24, 2.45) is 0 Å². The molecular weight excluding hydrogens is 338 g/mol. The molecule has 2 aromatic heterocycles. The Bertz CT molecular complexity index is 752. The summed E-state index contributed by atoms with van der Waals surface area (Å²) in [7, 11) is 0. The van der Waals surface area contributed by atoms with Gasteiger partial charge < -0.3 is 23.9 Å². The molecule has 140 valence electrons. The van der Waals surface area contributed by atoms with Crippen LogP contribution in [0.15, 0.2) is 33.4 Å². The zero-order chi connectivity index (χ0) is 18.7. The van der Waals surface area contributed by atoms with Crippen molar-refractivity contribution in [2.75, 3.05) is 13.1 Å². The first-order valence-electron chi connectivity index (χ1n) is 8.61. The van der Waals surface area contributed by atoms with Gasteiger partial charge in [-0.1, -0.05) is 5.16 Å². The maximum atomic E-state index is 12.3. The van der Waals surface area contributed by atoms with Gasteiger partial charge in [0.1, 0.15) is 5.60 Å². The molecule has 1 saturated heterocycles. The molecule has 26 heavy (non-hydrogen) atoms. The highest BCUT2D eigenvalue weighted by atomic mass is 16.6. The molecule has 1 fully saturated rings. The van der Waals surface area contributed by atoms with Crippen LogP contribution in [-0.2, 0) is 4.74 Å². The Labute approximate surface area is 151 Å². The molecule has 2 aromatic rings. The summed E-state index contributed by atoms with van der Waals surface area (Å²) in [5.74, 6) is 0.615. The van der Waals surface area contributed by atoms with Crippen molar-refractivity contribution in [1.82, 2.24) is 15.4 Å². The van der Waals surface area contributed by atoms with E-state index in [1.54, 1.807) is 23.1 Å². The normalized spacial score (nSPS) is 15.7. The summed E-state index contributed by atoms with van der Waals surface area (Å²) in [4.78, 5) is 26.1. The second-order valence-electron chi connectivity index (χ2n) is 7.27. The minimum atomic E-state index is -0.513. The number of nitrogens with one attached hydrogen (secondary N) is 1. The van der Waals surface area contributed by atoms with Gasteiger partial charge in [0.15, 0.2) is 11.5 Å². The lowest BCUT2D eigenvalue weighted by atomic mass is 10.1. The molecular formula is C18H23N3O5. The Morgan fingerprint density at radius 3 is 2.62 bits per heavy atom. The van der Waals surface area contributed by atoms with Crippen LogP contribution in [0, 0.1) is 0 Å². The first kappa shape index (κ1) is 18.0. The highest BCUT2D eigenvalue weighted by Crippen LogP contribution is 2.21. The molecule has 1 N–H and O–H groups in total. The maximum Gasteiger partial charge on any atom is 0.410 e. The van der Waals surface area contributed by atoms with Gasteiger partial charge in [-0.3, -0.25) is 4.79 Å². The average molecular weight is 361 g/mol. The third-order valence-corrected chi connectivity index (χ3v) is 3.99. The van der Waals surface area contributed by atoms with Gasteiger partial charge in [-0.05, 0) is 45.7 Å². The predicted molar refractivity (Wildman–Crippen MR) is 92.5 cm³/mol. The summed E-state index contributed by atoms with van der Waals surface area (Å²) in [6.45, 7) is 6.60. The third-order valence-electron chi connectivity index (χ3n) is 3.99. The molecule has 3 heterocycles. The van der Waals surface area contributed by atoms with Gasteiger partial charge in [0.05, 0.1) is 6.26 Å². The fourth-order valence-corrected chi connectivity index (χ4v) is 2.71. The molecule has 1 aliphatic heterocycles. The second kappa shape index (κ2) is 7.23. The van der Waals surface area contributed by atoms with E-state index in [1.807, 2.05) is 20.8 Å². The highest BCUT2D eigenvalue weighted by molar-refractivity contribution is 5.93. The van der Waals surface area contributed by atoms with Gasteiger partial charge in [0, 0.05) is 25.2 Å². The van der Waals surface area contributed by atoms with Crippen LogP contribution >= 0.6 is 0 Å². The van der Waals surface area contributed by atoms with Crippen LogP contribution in [0.3, 0.4) is 0 Å². The zero-order valence-corrected chi connectivity index (χ0v) is 15.2. The van der Waals surface area contributed by atoms with Gasteiger partial charge in [-0.25, -0.2) is 4.79 Å². The number of aromatic nitrogens is 1. The van der Waals surface area contributed by atoms with Crippen molar-refractivity contribution >= 4 is 12.0 Å². The monoisotopic (exact) mass is 361 g/mol. The Hall–Kier alpha value is -2.77. The number of hydrogen-bond donors (Lipinski definition) is 1. The molecule has 0 unspecified atom stereocenters. The van der Waals surface area contributed by atoms with Crippen molar-refractivity contribution in [2.45, 2.75) is 45.3 Å². The number of furan rings is 1. The van der Waals surface area contributed by atoms with E-state index in [0.717, 1.165) is 0 Å². The van der Waals surface area contributed by atoms with E-state index in [4.69, 9.17) is 13.7 Å². The minimum absolute atomic E-state index is 0.0232. The summed E-state index contributed by atoms with van der Waals surface area (Å²) in [5, 5.41) is 6.72. The van der Waals surface area contributed by atoms with Gasteiger partial charge in [0.2, 0.25) is 5.76 Å². The van der Waals surface area contributed by atoms with E-state index in [0.29, 0.717) is 37.5 Å². The second-order valence-corrected chi connectivity index (χ2v) is 7.27. The van der Waals surface area contributed by atoms with Crippen molar-refractivity contribution in [3.8, 4) is 11.5 Å². The van der Waals surface area contributed by atoms with Gasteiger partial charge in [0.25, 0.3) is 5.91 Å². The lowest BCUT2D eigenvalue weighted by Gasteiger charge is -2.33. The lowest BCUT2D eigenvalue weighted by molar-refractivity contribution is 0.0199. The van der Waals surface area contributed by atoms with Crippen molar-refractivity contribution in [3.05, 3.63) is 30.2 Å². The maximum absolute atomic E-state index is 12.3. The highest BCUT2D eigenvalue weighted by Gasteiger charge is 2.28. The minimum Gasteiger partial charge on any atom is -0.461 e. The van der Waals surface area contributed by atoms with Crippen LogP contribution in [0.2, 0.25) is 0 Å². The SMILES string of the molecule is CC(C)(C)OC(=O)N1CCC(NC(=O)c2cc(-c3ccco3)on2)CC1. The molecule has 1 aliphatic rings. The fraction of sp³-hybridized carbons (Fsp3) is 0.500. The van der Waals surface area contributed by atoms with Crippen LogP contribution in [0.25, 0.3) is 11.5 Å². The fourth-order valence-electron chi connectivity index (χ4n) is 2.71. The Balaban J connectivity index is 1.50. The molecule has 2 amide bonds. The molecule has 0 saturated carbocycles. The standard InChI is InChI=1S/C18H23N3O5/c1-18(2,3)25-17(23)21-8-6-12(7-9-21)19-16(22)13-11-15(26-20-13)14-5-4-10-24-14/h4-5,10-12H,6-9H2,1-3H3,(H,19,22). The molecule has 0 aliphatic carbocycles. The summed E-state index contributed by atoms with van der Waals surface area (Å²) >= 11 is 0. The number of hydrogen-bond acceptors (Lipinski definition) is 6. The van der Waals surface area contributed by atoms with E-state index in [-0.39, 0.29) is 23.7 Å². The summed E-state index contributed by atoms with van der Waals surface area (Å²) < 4.78 is 15.7. The number of rotatable bonds is 3. The number of nitrogens with zero attached hydrogens (tertiary/aromatic N) is 2. The van der Waals surface area contributed by atoms with Gasteiger partial charge in [-0.2, -0.15) is 0 Å². The topological polar surface area (TPSA) is 97.8 Å². The Morgan fingerprint density at radius 2 is 2.00 bits per heavy atom. The summed E-state index contributed by atoms with van der Waals surface area (Å²) in [6, 6.07) is 4.99. The average Bonchev–Trinajstić information content (AvgIpc) is 3.25. The Kier molecular flexibility index (Phi) is 5.01. The third kappa shape index (κ3) is 4.44. The first-order valence-corrected chi connectivity index (χ1v) is 8.61. The molecule has 0 radical (unpaired) electrons. The van der Waals surface area contributed by atoms with Crippen molar-refractivity contribution in [1.29, 1.82) is 0 Å². The largest absolute Gasteiger partial charge is 0.461 e. The number of ether oxygens (including phenoxy) is 1. The van der Waals surface area contributed by atoms with E-state index >= 15 is 0 Å². The van der Waals surface area contributed by atoms with Gasteiger partial charge >= 0.3 is 6.09 Å². The van der Waals surface area contributed by atoms with Crippen LogP contribution in [0.1, 0.15) is 44.1 Å². The molecule has 8 heteroatoms. The summed E-state index contributed by atoms with van der Waals surface area (Å²) in [5.41, 5.74) is -0.313. The number of piperidine rings is 1. The van der Waals surface area contributed by atoms with Crippen LogP contribution in [0.4, 0.5) is 4.79 Å². The number of likely N-dealkylation sites (tertiary alicyclic amines) is 1. The van der Waals surface area contributed by atoms with Crippen LogP contribution < -0.4 is 5.32 Å². The molecule has 3 rings (SSSR count). The van der Waals surface area contributed by atoms with E-state index in [2.05, 4.69) is 10.5 Å².